The molecule has 1 aliphatic heterocycles. The van der Waals surface area contributed by atoms with Crippen molar-refractivity contribution in [2.24, 2.45) is 5.92 Å². The van der Waals surface area contributed by atoms with Gasteiger partial charge >= 0.3 is 0 Å². The highest BCUT2D eigenvalue weighted by molar-refractivity contribution is 9.10. The molecular formula is C21H23BrN4O2. The molecule has 28 heavy (non-hydrogen) atoms. The lowest BCUT2D eigenvalue weighted by Crippen LogP contribution is -2.43. The van der Waals surface area contributed by atoms with Crippen LogP contribution in [0.4, 0.5) is 5.82 Å². The van der Waals surface area contributed by atoms with Crippen LogP contribution in [0.15, 0.2) is 39.5 Å². The van der Waals surface area contributed by atoms with Crippen molar-refractivity contribution in [2.45, 2.75) is 33.2 Å². The van der Waals surface area contributed by atoms with E-state index in [2.05, 4.69) is 36.1 Å². The number of amides is 1. The minimum Gasteiger partial charge on any atom is -0.443 e. The molecule has 1 atom stereocenters. The van der Waals surface area contributed by atoms with E-state index in [9.17, 15) is 4.79 Å². The van der Waals surface area contributed by atoms with Crippen molar-refractivity contribution in [2.75, 3.05) is 18.0 Å². The zero-order chi connectivity index (χ0) is 19.7. The van der Waals surface area contributed by atoms with Crippen molar-refractivity contribution in [3.05, 3.63) is 52.0 Å². The van der Waals surface area contributed by atoms with Crippen LogP contribution in [-0.2, 0) is 11.3 Å². The Morgan fingerprint density at radius 2 is 2.21 bits per heavy atom. The fraction of sp³-hybridized carbons (Fsp3) is 0.381. The second kappa shape index (κ2) is 7.91. The maximum atomic E-state index is 12.8. The molecule has 0 saturated carbocycles. The normalized spacial score (nSPS) is 17.1. The Hall–Kier alpha value is -2.41. The first kappa shape index (κ1) is 18.9. The van der Waals surface area contributed by atoms with Gasteiger partial charge in [-0.15, -0.1) is 0 Å². The second-order valence-corrected chi connectivity index (χ2v) is 8.21. The standard InChI is InChI=1S/C21H23BrN4O2/c1-13-14(2)28-21-18(13)19(24-12-25-21)26-8-4-6-16(11-26)20(27)23-10-15-5-3-7-17(22)9-15/h3,5,7,9,12,16H,4,6,8,10-11H2,1-2H3,(H,23,27)/t16-/m0/s1. The van der Waals surface area contributed by atoms with Crippen molar-refractivity contribution >= 4 is 38.8 Å². The molecule has 2 aromatic heterocycles. The molecule has 3 heterocycles. The number of nitrogens with zero attached hydrogens (tertiary/aromatic N) is 3. The molecule has 1 aromatic carbocycles. The second-order valence-electron chi connectivity index (χ2n) is 7.29. The largest absolute Gasteiger partial charge is 0.443 e. The molecule has 0 radical (unpaired) electrons. The molecule has 0 spiro atoms. The van der Waals surface area contributed by atoms with E-state index in [0.717, 1.165) is 52.0 Å². The third kappa shape index (κ3) is 3.76. The zero-order valence-electron chi connectivity index (χ0n) is 16.0. The molecule has 1 N–H and O–H groups in total. The number of hydrogen-bond donors (Lipinski definition) is 1. The fourth-order valence-corrected chi connectivity index (χ4v) is 4.21. The van der Waals surface area contributed by atoms with Gasteiger partial charge in [0.05, 0.1) is 11.3 Å². The lowest BCUT2D eigenvalue weighted by molar-refractivity contribution is -0.125. The average Bonchev–Trinajstić information content (AvgIpc) is 3.00. The first-order valence-electron chi connectivity index (χ1n) is 9.50. The van der Waals surface area contributed by atoms with Crippen molar-refractivity contribution in [1.29, 1.82) is 0 Å². The lowest BCUT2D eigenvalue weighted by atomic mass is 9.96. The molecule has 0 bridgehead atoms. The fourth-order valence-electron chi connectivity index (χ4n) is 3.77. The number of carbonyl (C=O) groups excluding carboxylic acids is 1. The van der Waals surface area contributed by atoms with E-state index < -0.39 is 0 Å². The van der Waals surface area contributed by atoms with Crippen LogP contribution in [-0.4, -0.2) is 29.0 Å². The molecule has 146 valence electrons. The number of furan rings is 1. The van der Waals surface area contributed by atoms with Crippen molar-refractivity contribution in [1.82, 2.24) is 15.3 Å². The van der Waals surface area contributed by atoms with Gasteiger partial charge in [0.15, 0.2) is 0 Å². The van der Waals surface area contributed by atoms with Crippen molar-refractivity contribution < 1.29 is 9.21 Å². The molecule has 7 heteroatoms. The summed E-state index contributed by atoms with van der Waals surface area (Å²) in [6.07, 6.45) is 3.38. The SMILES string of the molecule is Cc1oc2ncnc(N3CCC[C@H](C(=O)NCc4cccc(Br)c4)C3)c2c1C. The Bertz CT molecular complexity index is 1020. The monoisotopic (exact) mass is 442 g/mol. The van der Waals surface area contributed by atoms with E-state index in [4.69, 9.17) is 4.42 Å². The van der Waals surface area contributed by atoms with Gasteiger partial charge in [0.1, 0.15) is 17.9 Å². The van der Waals surface area contributed by atoms with Crippen LogP contribution in [0.1, 0.15) is 29.7 Å². The highest BCUT2D eigenvalue weighted by Crippen LogP contribution is 2.32. The Balaban J connectivity index is 1.48. The molecule has 1 aliphatic rings. The van der Waals surface area contributed by atoms with Crippen molar-refractivity contribution in [3.63, 3.8) is 0 Å². The minimum absolute atomic E-state index is 0.0563. The smallest absolute Gasteiger partial charge is 0.231 e. The predicted molar refractivity (Wildman–Crippen MR) is 112 cm³/mol. The third-order valence-corrected chi connectivity index (χ3v) is 5.89. The Labute approximate surface area is 172 Å². The Morgan fingerprint density at radius 3 is 3.04 bits per heavy atom. The van der Waals surface area contributed by atoms with Crippen LogP contribution in [0.2, 0.25) is 0 Å². The summed E-state index contributed by atoms with van der Waals surface area (Å²) in [5.41, 5.74) is 2.76. The summed E-state index contributed by atoms with van der Waals surface area (Å²) < 4.78 is 6.76. The van der Waals surface area contributed by atoms with Gasteiger partial charge in [-0.2, -0.15) is 0 Å². The molecule has 1 fully saturated rings. The zero-order valence-corrected chi connectivity index (χ0v) is 17.6. The highest BCUT2D eigenvalue weighted by atomic mass is 79.9. The maximum absolute atomic E-state index is 12.8. The van der Waals surface area contributed by atoms with Gasteiger partial charge in [0.2, 0.25) is 11.6 Å². The number of aromatic nitrogens is 2. The van der Waals surface area contributed by atoms with E-state index in [-0.39, 0.29) is 11.8 Å². The topological polar surface area (TPSA) is 71.3 Å². The summed E-state index contributed by atoms with van der Waals surface area (Å²) in [5.74, 6) is 1.76. The van der Waals surface area contributed by atoms with E-state index in [1.54, 1.807) is 0 Å². The Morgan fingerprint density at radius 1 is 1.36 bits per heavy atom. The molecule has 4 rings (SSSR count). The summed E-state index contributed by atoms with van der Waals surface area (Å²) in [5, 5.41) is 4.04. The molecular weight excluding hydrogens is 420 g/mol. The van der Waals surface area contributed by atoms with Crippen molar-refractivity contribution in [3.8, 4) is 0 Å². The van der Waals surface area contributed by atoms with Gasteiger partial charge in [-0.05, 0) is 44.4 Å². The van der Waals surface area contributed by atoms with Gasteiger partial charge in [0, 0.05) is 29.7 Å². The summed E-state index contributed by atoms with van der Waals surface area (Å²) >= 11 is 3.47. The number of halogens is 1. The molecule has 0 aliphatic carbocycles. The number of benzene rings is 1. The number of carbonyl (C=O) groups is 1. The molecule has 6 nitrogen and oxygen atoms in total. The molecule has 1 saturated heterocycles. The van der Waals surface area contributed by atoms with Gasteiger partial charge < -0.3 is 14.6 Å². The maximum Gasteiger partial charge on any atom is 0.231 e. The highest BCUT2D eigenvalue weighted by Gasteiger charge is 2.28. The van der Waals surface area contributed by atoms with E-state index in [1.807, 2.05) is 38.1 Å². The number of hydrogen-bond acceptors (Lipinski definition) is 5. The number of anilines is 1. The Kier molecular flexibility index (Phi) is 5.35. The number of fused-ring (bicyclic) bond motifs is 1. The van der Waals surface area contributed by atoms with E-state index in [1.165, 1.54) is 6.33 Å². The van der Waals surface area contributed by atoms with Crippen LogP contribution >= 0.6 is 15.9 Å². The summed E-state index contributed by atoms with van der Waals surface area (Å²) in [6, 6.07) is 7.99. The van der Waals surface area contributed by atoms with Gasteiger partial charge in [-0.3, -0.25) is 4.79 Å². The average molecular weight is 443 g/mol. The first-order valence-corrected chi connectivity index (χ1v) is 10.3. The van der Waals surface area contributed by atoms with Crippen LogP contribution in [0.25, 0.3) is 11.1 Å². The summed E-state index contributed by atoms with van der Waals surface area (Å²) in [6.45, 7) is 6.03. The predicted octanol–water partition coefficient (Wildman–Crippen LogP) is 4.13. The summed E-state index contributed by atoms with van der Waals surface area (Å²) in [7, 11) is 0. The van der Waals surface area contributed by atoms with Crippen LogP contribution in [0.5, 0.6) is 0 Å². The van der Waals surface area contributed by atoms with Gasteiger partial charge in [0.25, 0.3) is 0 Å². The minimum atomic E-state index is -0.0563. The lowest BCUT2D eigenvalue weighted by Gasteiger charge is -2.33. The molecule has 1 amide bonds. The first-order chi connectivity index (χ1) is 13.5. The van der Waals surface area contributed by atoms with Crippen LogP contribution < -0.4 is 10.2 Å². The number of piperidine rings is 1. The summed E-state index contributed by atoms with van der Waals surface area (Å²) in [4.78, 5) is 23.7. The number of nitrogens with one attached hydrogen (secondary N) is 1. The number of rotatable bonds is 4. The molecule has 3 aromatic rings. The third-order valence-electron chi connectivity index (χ3n) is 5.39. The van der Waals surface area contributed by atoms with Crippen LogP contribution in [0.3, 0.4) is 0 Å². The molecule has 0 unspecified atom stereocenters. The van der Waals surface area contributed by atoms with Gasteiger partial charge in [-0.25, -0.2) is 9.97 Å². The van der Waals surface area contributed by atoms with E-state index >= 15 is 0 Å². The van der Waals surface area contributed by atoms with Crippen LogP contribution in [0, 0.1) is 19.8 Å². The quantitative estimate of drug-likeness (QED) is 0.657. The van der Waals surface area contributed by atoms with Gasteiger partial charge in [-0.1, -0.05) is 28.1 Å². The number of aryl methyl sites for hydroxylation is 2. The van der Waals surface area contributed by atoms with E-state index in [0.29, 0.717) is 18.8 Å².